The molecular weight excluding hydrogens is 350 g/mol. The number of carbonyl (C=O) groups is 1. The SMILES string of the molecule is Cc1ccc(-n2c(C(C)N(C)C(=O)CCl)nc3ccccc3c2=O)cc1. The van der Waals surface area contributed by atoms with Crippen LogP contribution in [0.1, 0.15) is 24.4 Å². The summed E-state index contributed by atoms with van der Waals surface area (Å²) in [4.78, 5) is 31.4. The van der Waals surface area contributed by atoms with Crippen LogP contribution in [0.15, 0.2) is 53.3 Å². The quantitative estimate of drug-likeness (QED) is 0.662. The first-order valence-electron chi connectivity index (χ1n) is 8.34. The van der Waals surface area contributed by atoms with Crippen LogP contribution in [0.25, 0.3) is 16.6 Å². The fraction of sp³-hybridized carbons (Fsp3) is 0.250. The van der Waals surface area contributed by atoms with Crippen molar-refractivity contribution in [1.29, 1.82) is 0 Å². The van der Waals surface area contributed by atoms with E-state index in [2.05, 4.69) is 0 Å². The molecule has 0 aliphatic heterocycles. The number of rotatable bonds is 4. The Kier molecular flexibility index (Phi) is 5.09. The van der Waals surface area contributed by atoms with Gasteiger partial charge >= 0.3 is 0 Å². The maximum atomic E-state index is 13.2. The average Bonchev–Trinajstić information content (AvgIpc) is 2.67. The molecule has 134 valence electrons. The highest BCUT2D eigenvalue weighted by molar-refractivity contribution is 6.27. The highest BCUT2D eigenvalue weighted by atomic mass is 35.5. The van der Waals surface area contributed by atoms with Crippen molar-refractivity contribution in [2.75, 3.05) is 12.9 Å². The lowest BCUT2D eigenvalue weighted by Gasteiger charge is -2.26. The van der Waals surface area contributed by atoms with Crippen molar-refractivity contribution in [3.05, 3.63) is 70.3 Å². The zero-order chi connectivity index (χ0) is 18.8. The van der Waals surface area contributed by atoms with E-state index in [-0.39, 0.29) is 17.3 Å². The van der Waals surface area contributed by atoms with E-state index in [9.17, 15) is 9.59 Å². The summed E-state index contributed by atoms with van der Waals surface area (Å²) in [7, 11) is 1.66. The molecule has 0 fully saturated rings. The molecule has 3 aromatic rings. The zero-order valence-electron chi connectivity index (χ0n) is 14.9. The summed E-state index contributed by atoms with van der Waals surface area (Å²) in [6.45, 7) is 3.83. The number of alkyl halides is 1. The van der Waals surface area contributed by atoms with Crippen LogP contribution in [0.4, 0.5) is 0 Å². The van der Waals surface area contributed by atoms with Crippen molar-refractivity contribution in [2.45, 2.75) is 19.9 Å². The lowest BCUT2D eigenvalue weighted by Crippen LogP contribution is -2.35. The van der Waals surface area contributed by atoms with Crippen LogP contribution in [0.3, 0.4) is 0 Å². The number of nitrogens with zero attached hydrogens (tertiary/aromatic N) is 3. The molecule has 0 saturated heterocycles. The zero-order valence-corrected chi connectivity index (χ0v) is 15.7. The molecule has 0 bridgehead atoms. The number of carbonyl (C=O) groups excluding carboxylic acids is 1. The highest BCUT2D eigenvalue weighted by Crippen LogP contribution is 2.22. The Balaban J connectivity index is 2.29. The second kappa shape index (κ2) is 7.30. The standard InChI is InChI=1S/C20H20ClN3O2/c1-13-8-10-15(11-9-13)24-19(14(2)23(3)18(25)12-21)22-17-7-5-4-6-16(17)20(24)26/h4-11,14H,12H2,1-3H3. The average molecular weight is 370 g/mol. The summed E-state index contributed by atoms with van der Waals surface area (Å²) in [5, 5.41) is 0.537. The maximum absolute atomic E-state index is 13.2. The number of para-hydroxylation sites is 1. The Morgan fingerprint density at radius 3 is 2.50 bits per heavy atom. The number of halogens is 1. The van der Waals surface area contributed by atoms with Gasteiger partial charge in [-0.2, -0.15) is 0 Å². The number of hydrogen-bond donors (Lipinski definition) is 0. The summed E-state index contributed by atoms with van der Waals surface area (Å²) >= 11 is 5.70. The number of fused-ring (bicyclic) bond motifs is 1. The maximum Gasteiger partial charge on any atom is 0.266 e. The van der Waals surface area contributed by atoms with Gasteiger partial charge in [0.05, 0.1) is 22.6 Å². The molecule has 6 heteroatoms. The van der Waals surface area contributed by atoms with Gasteiger partial charge in [0.25, 0.3) is 5.56 Å². The van der Waals surface area contributed by atoms with Crippen molar-refractivity contribution in [2.24, 2.45) is 0 Å². The highest BCUT2D eigenvalue weighted by Gasteiger charge is 2.23. The van der Waals surface area contributed by atoms with Gasteiger partial charge in [0.2, 0.25) is 5.91 Å². The van der Waals surface area contributed by atoms with E-state index in [0.29, 0.717) is 22.4 Å². The van der Waals surface area contributed by atoms with Crippen LogP contribution < -0.4 is 5.56 Å². The van der Waals surface area contributed by atoms with Gasteiger partial charge < -0.3 is 4.90 Å². The minimum Gasteiger partial charge on any atom is -0.335 e. The van der Waals surface area contributed by atoms with Crippen LogP contribution in [0, 0.1) is 6.92 Å². The van der Waals surface area contributed by atoms with Crippen LogP contribution in [-0.4, -0.2) is 33.3 Å². The van der Waals surface area contributed by atoms with E-state index in [0.717, 1.165) is 5.56 Å². The van der Waals surface area contributed by atoms with Gasteiger partial charge in [-0.05, 0) is 38.1 Å². The molecule has 1 unspecified atom stereocenters. The fourth-order valence-corrected chi connectivity index (χ4v) is 3.05. The Hall–Kier alpha value is -2.66. The smallest absolute Gasteiger partial charge is 0.266 e. The first-order chi connectivity index (χ1) is 12.4. The Morgan fingerprint density at radius 1 is 1.19 bits per heavy atom. The number of aryl methyl sites for hydroxylation is 1. The molecule has 0 N–H and O–H groups in total. The number of amides is 1. The number of benzene rings is 2. The molecular formula is C20H20ClN3O2. The van der Waals surface area contributed by atoms with Gasteiger partial charge in [-0.15, -0.1) is 11.6 Å². The van der Waals surface area contributed by atoms with Gasteiger partial charge in [0.15, 0.2) is 0 Å². The molecule has 1 amide bonds. The van der Waals surface area contributed by atoms with Crippen LogP contribution in [-0.2, 0) is 4.79 Å². The predicted molar refractivity (Wildman–Crippen MR) is 104 cm³/mol. The molecule has 26 heavy (non-hydrogen) atoms. The molecule has 5 nitrogen and oxygen atoms in total. The molecule has 1 heterocycles. The molecule has 1 atom stereocenters. The number of hydrogen-bond acceptors (Lipinski definition) is 3. The first kappa shape index (κ1) is 18.1. The van der Waals surface area contributed by atoms with E-state index >= 15 is 0 Å². The predicted octanol–water partition coefficient (Wildman–Crippen LogP) is 3.45. The molecule has 0 saturated carbocycles. The van der Waals surface area contributed by atoms with E-state index in [1.165, 1.54) is 4.90 Å². The summed E-state index contributed by atoms with van der Waals surface area (Å²) in [6, 6.07) is 14.5. The van der Waals surface area contributed by atoms with E-state index in [1.54, 1.807) is 23.7 Å². The monoisotopic (exact) mass is 369 g/mol. The van der Waals surface area contributed by atoms with E-state index in [4.69, 9.17) is 16.6 Å². The van der Waals surface area contributed by atoms with Gasteiger partial charge in [-0.1, -0.05) is 29.8 Å². The molecule has 3 rings (SSSR count). The van der Waals surface area contributed by atoms with Crippen LogP contribution in [0.2, 0.25) is 0 Å². The molecule has 0 spiro atoms. The topological polar surface area (TPSA) is 55.2 Å². The molecule has 1 aromatic heterocycles. The van der Waals surface area contributed by atoms with E-state index in [1.807, 2.05) is 50.2 Å². The molecule has 0 radical (unpaired) electrons. The summed E-state index contributed by atoms with van der Waals surface area (Å²) in [5.74, 6) is 0.152. The van der Waals surface area contributed by atoms with Gasteiger partial charge in [0.1, 0.15) is 11.7 Å². The Bertz CT molecular complexity index is 1010. The van der Waals surface area contributed by atoms with Crippen molar-refractivity contribution in [1.82, 2.24) is 14.5 Å². The van der Waals surface area contributed by atoms with Gasteiger partial charge in [0, 0.05) is 7.05 Å². The van der Waals surface area contributed by atoms with Crippen molar-refractivity contribution in [3.8, 4) is 5.69 Å². The lowest BCUT2D eigenvalue weighted by atomic mass is 10.1. The third-order valence-electron chi connectivity index (χ3n) is 4.56. The largest absolute Gasteiger partial charge is 0.335 e. The molecule has 0 aliphatic carbocycles. The lowest BCUT2D eigenvalue weighted by molar-refractivity contribution is -0.129. The van der Waals surface area contributed by atoms with Crippen molar-refractivity contribution >= 4 is 28.4 Å². The second-order valence-corrected chi connectivity index (χ2v) is 6.54. The third-order valence-corrected chi connectivity index (χ3v) is 4.78. The van der Waals surface area contributed by atoms with Crippen LogP contribution in [0.5, 0.6) is 0 Å². The summed E-state index contributed by atoms with van der Waals surface area (Å²) in [6.07, 6.45) is 0. The van der Waals surface area contributed by atoms with Gasteiger partial charge in [-0.25, -0.2) is 4.98 Å². The molecule has 2 aromatic carbocycles. The van der Waals surface area contributed by atoms with Crippen molar-refractivity contribution < 1.29 is 4.79 Å². The number of aromatic nitrogens is 2. The fourth-order valence-electron chi connectivity index (χ4n) is 2.86. The van der Waals surface area contributed by atoms with E-state index < -0.39 is 6.04 Å². The van der Waals surface area contributed by atoms with Crippen LogP contribution >= 0.6 is 11.6 Å². The third kappa shape index (κ3) is 3.22. The minimum absolute atomic E-state index is 0.122. The summed E-state index contributed by atoms with van der Waals surface area (Å²) < 4.78 is 1.57. The summed E-state index contributed by atoms with van der Waals surface area (Å²) in [5.41, 5.74) is 2.26. The molecule has 0 aliphatic rings. The minimum atomic E-state index is -0.417. The first-order valence-corrected chi connectivity index (χ1v) is 8.88. The Labute approximate surface area is 156 Å². The Morgan fingerprint density at radius 2 is 1.85 bits per heavy atom. The van der Waals surface area contributed by atoms with Crippen molar-refractivity contribution in [3.63, 3.8) is 0 Å². The second-order valence-electron chi connectivity index (χ2n) is 6.28. The van der Waals surface area contributed by atoms with Gasteiger partial charge in [-0.3, -0.25) is 14.2 Å². The normalized spacial score (nSPS) is 12.2.